The predicted molar refractivity (Wildman–Crippen MR) is 62.6 cm³/mol. The van der Waals surface area contributed by atoms with Crippen LogP contribution in [0.2, 0.25) is 5.02 Å². The first-order valence-electron chi connectivity index (χ1n) is 4.37. The summed E-state index contributed by atoms with van der Waals surface area (Å²) in [4.78, 5) is 10.7. The van der Waals surface area contributed by atoms with E-state index in [9.17, 15) is 4.91 Å². The molecule has 0 heterocycles. The molecule has 1 aromatic rings. The largest absolute Gasteiger partial charge is 0.398 e. The molecule has 0 saturated carbocycles. The average Bonchev–Trinajstić information content (AvgIpc) is 2.16. The molecule has 3 N–H and O–H groups in total. The first-order chi connectivity index (χ1) is 6.92. The molecule has 0 radical (unpaired) electrons. The maximum atomic E-state index is 10.7. The van der Waals surface area contributed by atoms with Crippen LogP contribution in [0.15, 0.2) is 17.3 Å². The van der Waals surface area contributed by atoms with Crippen LogP contribution in [0.3, 0.4) is 0 Å². The zero-order valence-corrected chi connectivity index (χ0v) is 9.30. The van der Waals surface area contributed by atoms with Gasteiger partial charge in [-0.05, 0) is 31.5 Å². The van der Waals surface area contributed by atoms with Crippen molar-refractivity contribution < 1.29 is 0 Å². The Balaban J connectivity index is 3.52. The third kappa shape index (κ3) is 2.15. The molecular weight excluding hydrogens is 214 g/mol. The standard InChI is InChI=1S/C10H12ClN3O/c1-10(2,14-15)8-3-6(11)4-9(13)7(8)5-12/h3-5,12H,13H2,1-2H3. The van der Waals surface area contributed by atoms with Crippen molar-refractivity contribution in [3.8, 4) is 0 Å². The molecule has 15 heavy (non-hydrogen) atoms. The fourth-order valence-electron chi connectivity index (χ4n) is 1.36. The van der Waals surface area contributed by atoms with Crippen LogP contribution >= 0.6 is 11.6 Å². The minimum Gasteiger partial charge on any atom is -0.398 e. The van der Waals surface area contributed by atoms with Gasteiger partial charge >= 0.3 is 0 Å². The summed E-state index contributed by atoms with van der Waals surface area (Å²) in [5, 5.41) is 10.7. The average molecular weight is 226 g/mol. The van der Waals surface area contributed by atoms with Crippen molar-refractivity contribution in [1.29, 1.82) is 5.41 Å². The Morgan fingerprint density at radius 3 is 2.60 bits per heavy atom. The molecule has 4 nitrogen and oxygen atoms in total. The third-order valence-corrected chi connectivity index (χ3v) is 2.43. The van der Waals surface area contributed by atoms with Crippen LogP contribution in [-0.4, -0.2) is 6.21 Å². The molecule has 1 aromatic carbocycles. The van der Waals surface area contributed by atoms with Gasteiger partial charge in [-0.1, -0.05) is 16.8 Å². The number of nitrogens with zero attached hydrogens (tertiary/aromatic N) is 1. The van der Waals surface area contributed by atoms with Gasteiger partial charge in [-0.2, -0.15) is 0 Å². The molecule has 0 aliphatic rings. The fraction of sp³-hybridized carbons (Fsp3) is 0.300. The number of anilines is 1. The molecule has 0 bridgehead atoms. The lowest BCUT2D eigenvalue weighted by Crippen LogP contribution is -2.16. The Morgan fingerprint density at radius 1 is 1.53 bits per heavy atom. The second kappa shape index (κ2) is 3.98. The molecular formula is C10H12ClN3O. The minimum atomic E-state index is -0.939. The number of nitrogens with one attached hydrogen (secondary N) is 1. The van der Waals surface area contributed by atoms with Gasteiger partial charge in [-0.15, -0.1) is 4.91 Å². The number of hydrogen-bond donors (Lipinski definition) is 2. The van der Waals surface area contributed by atoms with E-state index >= 15 is 0 Å². The van der Waals surface area contributed by atoms with Crippen LogP contribution in [0, 0.1) is 10.3 Å². The summed E-state index contributed by atoms with van der Waals surface area (Å²) in [6.07, 6.45) is 1.11. The van der Waals surface area contributed by atoms with E-state index in [1.807, 2.05) is 0 Å². The van der Waals surface area contributed by atoms with Crippen molar-refractivity contribution in [2.75, 3.05) is 5.73 Å². The van der Waals surface area contributed by atoms with Crippen LogP contribution in [0.5, 0.6) is 0 Å². The highest BCUT2D eigenvalue weighted by Crippen LogP contribution is 2.32. The first kappa shape index (κ1) is 11.7. The zero-order valence-electron chi connectivity index (χ0n) is 8.54. The summed E-state index contributed by atoms with van der Waals surface area (Å²) >= 11 is 5.84. The van der Waals surface area contributed by atoms with Crippen molar-refractivity contribution in [2.45, 2.75) is 19.4 Å². The van der Waals surface area contributed by atoms with Gasteiger partial charge in [-0.3, -0.25) is 0 Å². The van der Waals surface area contributed by atoms with E-state index in [0.29, 0.717) is 21.8 Å². The molecule has 0 aliphatic heterocycles. The Bertz CT molecular complexity index is 415. The van der Waals surface area contributed by atoms with Gasteiger partial charge in [0.2, 0.25) is 0 Å². The topological polar surface area (TPSA) is 79.3 Å². The molecule has 1 rings (SSSR count). The van der Waals surface area contributed by atoms with Gasteiger partial charge in [-0.25, -0.2) is 0 Å². The lowest BCUT2D eigenvalue weighted by atomic mass is 9.90. The Morgan fingerprint density at radius 2 is 2.13 bits per heavy atom. The molecule has 0 saturated heterocycles. The van der Waals surface area contributed by atoms with Crippen molar-refractivity contribution in [3.63, 3.8) is 0 Å². The predicted octanol–water partition coefficient (Wildman–Crippen LogP) is 2.92. The highest BCUT2D eigenvalue weighted by Gasteiger charge is 2.25. The van der Waals surface area contributed by atoms with E-state index in [1.165, 1.54) is 0 Å². The summed E-state index contributed by atoms with van der Waals surface area (Å²) in [5.41, 5.74) is 6.20. The van der Waals surface area contributed by atoms with Crippen LogP contribution in [0.1, 0.15) is 25.0 Å². The minimum absolute atomic E-state index is 0.379. The van der Waals surface area contributed by atoms with Gasteiger partial charge in [0.15, 0.2) is 0 Å². The second-order valence-corrected chi connectivity index (χ2v) is 4.19. The summed E-state index contributed by atoms with van der Waals surface area (Å²) in [6, 6.07) is 3.16. The molecule has 0 aliphatic carbocycles. The van der Waals surface area contributed by atoms with Crippen molar-refractivity contribution in [3.05, 3.63) is 33.2 Å². The first-order valence-corrected chi connectivity index (χ1v) is 4.74. The van der Waals surface area contributed by atoms with Crippen molar-refractivity contribution >= 4 is 23.5 Å². The van der Waals surface area contributed by atoms with Crippen LogP contribution in [0.4, 0.5) is 5.69 Å². The van der Waals surface area contributed by atoms with E-state index in [4.69, 9.17) is 22.7 Å². The van der Waals surface area contributed by atoms with E-state index in [1.54, 1.807) is 26.0 Å². The molecule has 80 valence electrons. The van der Waals surface area contributed by atoms with Crippen LogP contribution in [-0.2, 0) is 5.54 Å². The second-order valence-electron chi connectivity index (χ2n) is 3.75. The van der Waals surface area contributed by atoms with Crippen molar-refractivity contribution in [2.24, 2.45) is 5.18 Å². The van der Waals surface area contributed by atoms with Crippen LogP contribution in [0.25, 0.3) is 0 Å². The number of rotatable bonds is 3. The molecule has 0 unspecified atom stereocenters. The summed E-state index contributed by atoms with van der Waals surface area (Å²) < 4.78 is 0. The summed E-state index contributed by atoms with van der Waals surface area (Å²) in [6.45, 7) is 3.30. The van der Waals surface area contributed by atoms with Gasteiger partial charge < -0.3 is 11.1 Å². The number of benzene rings is 1. The molecule has 0 fully saturated rings. The van der Waals surface area contributed by atoms with Gasteiger partial charge in [0.25, 0.3) is 0 Å². The Hall–Kier alpha value is -1.42. The Kier molecular flexibility index (Phi) is 3.09. The quantitative estimate of drug-likeness (QED) is 0.471. The normalized spacial score (nSPS) is 11.1. The van der Waals surface area contributed by atoms with Gasteiger partial charge in [0.05, 0.1) is 0 Å². The lowest BCUT2D eigenvalue weighted by molar-refractivity contribution is 0.552. The van der Waals surface area contributed by atoms with E-state index in [-0.39, 0.29) is 0 Å². The maximum absolute atomic E-state index is 10.7. The smallest absolute Gasteiger partial charge is 0.123 e. The highest BCUT2D eigenvalue weighted by molar-refractivity contribution is 6.31. The van der Waals surface area contributed by atoms with E-state index in [0.717, 1.165) is 6.21 Å². The number of nitroso groups, excluding NO2 is 1. The number of hydrogen-bond acceptors (Lipinski definition) is 4. The van der Waals surface area contributed by atoms with E-state index < -0.39 is 5.54 Å². The fourth-order valence-corrected chi connectivity index (χ4v) is 1.58. The molecule has 0 aromatic heterocycles. The lowest BCUT2D eigenvalue weighted by Gasteiger charge is -2.19. The van der Waals surface area contributed by atoms with E-state index in [2.05, 4.69) is 5.18 Å². The number of nitrogen functional groups attached to an aromatic ring is 1. The maximum Gasteiger partial charge on any atom is 0.123 e. The van der Waals surface area contributed by atoms with Gasteiger partial charge in [0, 0.05) is 22.5 Å². The molecule has 0 spiro atoms. The monoisotopic (exact) mass is 225 g/mol. The molecule has 0 atom stereocenters. The Labute approximate surface area is 92.9 Å². The van der Waals surface area contributed by atoms with Crippen LogP contribution < -0.4 is 5.73 Å². The summed E-state index contributed by atoms with van der Waals surface area (Å²) in [5.74, 6) is 0. The third-order valence-electron chi connectivity index (χ3n) is 2.21. The summed E-state index contributed by atoms with van der Waals surface area (Å²) in [7, 11) is 0. The zero-order chi connectivity index (χ0) is 11.6. The molecule has 5 heteroatoms. The van der Waals surface area contributed by atoms with Crippen molar-refractivity contribution in [1.82, 2.24) is 0 Å². The number of halogens is 1. The molecule has 0 amide bonds. The highest BCUT2D eigenvalue weighted by atomic mass is 35.5. The number of nitrogens with two attached hydrogens (primary N) is 1. The van der Waals surface area contributed by atoms with Gasteiger partial charge in [0.1, 0.15) is 5.54 Å². The SMILES string of the molecule is CC(C)(N=O)c1cc(Cl)cc(N)c1C=N.